The van der Waals surface area contributed by atoms with Crippen molar-refractivity contribution in [2.24, 2.45) is 0 Å². The third-order valence-corrected chi connectivity index (χ3v) is 3.51. The molecule has 1 N–H and O–H groups in total. The lowest BCUT2D eigenvalue weighted by Crippen LogP contribution is -2.51. The average molecular weight is 302 g/mol. The Hall–Kier alpha value is -1.66. The Kier molecular flexibility index (Phi) is 4.25. The first kappa shape index (κ1) is 14.7. The molecule has 0 bridgehead atoms. The number of hydrogen-bond donors (Lipinski definition) is 1. The molecular weight excluding hydrogens is 289 g/mol. The summed E-state index contributed by atoms with van der Waals surface area (Å²) in [5, 5.41) is 9.15. The summed E-state index contributed by atoms with van der Waals surface area (Å²) >= 11 is 5.61. The van der Waals surface area contributed by atoms with Gasteiger partial charge in [0.25, 0.3) is 0 Å². The predicted molar refractivity (Wildman–Crippen MR) is 68.9 cm³/mol. The maximum absolute atomic E-state index is 13.6. The Labute approximate surface area is 119 Å². The highest BCUT2D eigenvalue weighted by atomic mass is 35.5. The maximum atomic E-state index is 13.6. The van der Waals surface area contributed by atoms with Gasteiger partial charge in [0, 0.05) is 6.54 Å². The number of likely N-dealkylation sites (N-methyl/N-ethyl adjacent to an activating group) is 1. The molecule has 7 heteroatoms. The van der Waals surface area contributed by atoms with Gasteiger partial charge in [-0.2, -0.15) is 0 Å². The highest BCUT2D eigenvalue weighted by Gasteiger charge is 2.41. The van der Waals surface area contributed by atoms with Crippen LogP contribution in [-0.4, -0.2) is 41.1 Å². The fourth-order valence-electron chi connectivity index (χ4n) is 2.28. The van der Waals surface area contributed by atoms with E-state index >= 15 is 0 Å². The largest absolute Gasteiger partial charge is 0.479 e. The molecule has 1 aromatic rings. The van der Waals surface area contributed by atoms with Gasteiger partial charge in [-0.15, -0.1) is 0 Å². The molecule has 1 amide bonds. The second-order valence-corrected chi connectivity index (χ2v) is 4.78. The van der Waals surface area contributed by atoms with Crippen LogP contribution < -0.4 is 0 Å². The lowest BCUT2D eigenvalue weighted by Gasteiger charge is -2.38. The lowest BCUT2D eigenvalue weighted by atomic mass is 9.97. The van der Waals surface area contributed by atoms with Crippen LogP contribution in [0.2, 0.25) is 5.02 Å². The van der Waals surface area contributed by atoms with Crippen molar-refractivity contribution < 1.29 is 23.8 Å². The number of benzene rings is 1. The Balaban J connectivity index is 2.46. The number of hydrogen-bond acceptors (Lipinski definition) is 3. The molecule has 2 atom stereocenters. The molecule has 108 valence electrons. The van der Waals surface area contributed by atoms with Crippen molar-refractivity contribution >= 4 is 23.5 Å². The molecule has 0 radical (unpaired) electrons. The summed E-state index contributed by atoms with van der Waals surface area (Å²) in [7, 11) is 0. The zero-order chi connectivity index (χ0) is 14.9. The number of carbonyl (C=O) groups excluding carboxylic acids is 1. The van der Waals surface area contributed by atoms with E-state index in [0.29, 0.717) is 12.1 Å². The number of amides is 1. The van der Waals surface area contributed by atoms with Gasteiger partial charge < -0.3 is 14.7 Å². The highest BCUT2D eigenvalue weighted by Crippen LogP contribution is 2.31. The molecular formula is C13H13ClFNO4. The molecule has 2 unspecified atom stereocenters. The van der Waals surface area contributed by atoms with Gasteiger partial charge in [0.1, 0.15) is 12.4 Å². The number of halogens is 2. The van der Waals surface area contributed by atoms with Crippen molar-refractivity contribution in [3.05, 3.63) is 34.6 Å². The number of ether oxygens (including phenoxy) is 1. The van der Waals surface area contributed by atoms with E-state index in [2.05, 4.69) is 0 Å². The van der Waals surface area contributed by atoms with Gasteiger partial charge in [-0.1, -0.05) is 17.7 Å². The van der Waals surface area contributed by atoms with E-state index in [0.717, 1.165) is 6.07 Å². The SMILES string of the molecule is CCN1C(=O)COC(C(=O)O)C1c1ccc(Cl)c(F)c1. The van der Waals surface area contributed by atoms with Gasteiger partial charge in [0.15, 0.2) is 6.10 Å². The number of morpholine rings is 1. The number of aliphatic carboxylic acids is 1. The molecule has 0 aliphatic carbocycles. The van der Waals surface area contributed by atoms with Crippen LogP contribution in [0.4, 0.5) is 4.39 Å². The van der Waals surface area contributed by atoms with E-state index in [4.69, 9.17) is 16.3 Å². The van der Waals surface area contributed by atoms with Crippen LogP contribution in [0.15, 0.2) is 18.2 Å². The van der Waals surface area contributed by atoms with Crippen LogP contribution in [0, 0.1) is 5.82 Å². The summed E-state index contributed by atoms with van der Waals surface area (Å²) in [6.45, 7) is 1.74. The quantitative estimate of drug-likeness (QED) is 0.925. The van der Waals surface area contributed by atoms with Gasteiger partial charge in [-0.3, -0.25) is 4.79 Å². The Morgan fingerprint density at radius 3 is 2.85 bits per heavy atom. The lowest BCUT2D eigenvalue weighted by molar-refractivity contribution is -0.172. The van der Waals surface area contributed by atoms with E-state index in [-0.39, 0.29) is 17.5 Å². The second-order valence-electron chi connectivity index (χ2n) is 4.37. The van der Waals surface area contributed by atoms with Gasteiger partial charge >= 0.3 is 5.97 Å². The standard InChI is InChI=1S/C13H13ClFNO4/c1-2-16-10(17)6-20-12(13(18)19)11(16)7-3-4-8(14)9(15)5-7/h3-5,11-12H,2,6H2,1H3,(H,18,19). The molecule has 2 rings (SSSR count). The third-order valence-electron chi connectivity index (χ3n) is 3.20. The normalized spacial score (nSPS) is 22.9. The summed E-state index contributed by atoms with van der Waals surface area (Å²) in [6, 6.07) is 3.09. The smallest absolute Gasteiger partial charge is 0.335 e. The van der Waals surface area contributed by atoms with Gasteiger partial charge in [-0.05, 0) is 24.6 Å². The first-order valence-electron chi connectivity index (χ1n) is 6.04. The van der Waals surface area contributed by atoms with Crippen molar-refractivity contribution in [3.63, 3.8) is 0 Å². The first-order valence-corrected chi connectivity index (χ1v) is 6.42. The van der Waals surface area contributed by atoms with Crippen LogP contribution in [-0.2, 0) is 14.3 Å². The zero-order valence-corrected chi connectivity index (χ0v) is 11.4. The Morgan fingerprint density at radius 1 is 1.60 bits per heavy atom. The molecule has 1 fully saturated rings. The number of rotatable bonds is 3. The van der Waals surface area contributed by atoms with Crippen LogP contribution >= 0.6 is 11.6 Å². The molecule has 1 aliphatic rings. The van der Waals surface area contributed by atoms with Crippen LogP contribution in [0.25, 0.3) is 0 Å². The molecule has 1 saturated heterocycles. The zero-order valence-electron chi connectivity index (χ0n) is 10.7. The molecule has 0 saturated carbocycles. The Bertz CT molecular complexity index is 549. The van der Waals surface area contributed by atoms with E-state index in [1.165, 1.54) is 17.0 Å². The molecule has 20 heavy (non-hydrogen) atoms. The van der Waals surface area contributed by atoms with Gasteiger partial charge in [0.05, 0.1) is 11.1 Å². The molecule has 0 aromatic heterocycles. The minimum atomic E-state index is -1.23. The van der Waals surface area contributed by atoms with Crippen molar-refractivity contribution in [2.45, 2.75) is 19.1 Å². The first-order chi connectivity index (χ1) is 9.45. The van der Waals surface area contributed by atoms with Gasteiger partial charge in [0.2, 0.25) is 5.91 Å². The molecule has 0 spiro atoms. The van der Waals surface area contributed by atoms with E-state index in [9.17, 15) is 19.1 Å². The van der Waals surface area contributed by atoms with Crippen LogP contribution in [0.3, 0.4) is 0 Å². The summed E-state index contributed by atoms with van der Waals surface area (Å²) in [5.74, 6) is -2.19. The summed E-state index contributed by atoms with van der Waals surface area (Å²) < 4.78 is 18.6. The number of nitrogens with zero attached hydrogens (tertiary/aromatic N) is 1. The molecule has 1 aliphatic heterocycles. The van der Waals surface area contributed by atoms with Crippen LogP contribution in [0.1, 0.15) is 18.5 Å². The number of carbonyl (C=O) groups is 2. The summed E-state index contributed by atoms with van der Waals surface area (Å²) in [4.78, 5) is 24.5. The van der Waals surface area contributed by atoms with E-state index in [1.807, 2.05) is 0 Å². The predicted octanol–water partition coefficient (Wildman–Crippen LogP) is 1.85. The topological polar surface area (TPSA) is 66.8 Å². The summed E-state index contributed by atoms with van der Waals surface area (Å²) in [5.41, 5.74) is 0.342. The fourth-order valence-corrected chi connectivity index (χ4v) is 2.40. The second kappa shape index (κ2) is 5.76. The van der Waals surface area contributed by atoms with Gasteiger partial charge in [-0.25, -0.2) is 9.18 Å². The highest BCUT2D eigenvalue weighted by molar-refractivity contribution is 6.30. The van der Waals surface area contributed by atoms with E-state index in [1.54, 1.807) is 6.92 Å². The van der Waals surface area contributed by atoms with Crippen molar-refractivity contribution in [1.29, 1.82) is 0 Å². The molecule has 1 heterocycles. The maximum Gasteiger partial charge on any atom is 0.335 e. The van der Waals surface area contributed by atoms with Crippen molar-refractivity contribution in [2.75, 3.05) is 13.2 Å². The van der Waals surface area contributed by atoms with Crippen LogP contribution in [0.5, 0.6) is 0 Å². The monoisotopic (exact) mass is 301 g/mol. The number of carboxylic acids is 1. The summed E-state index contributed by atoms with van der Waals surface area (Å²) in [6.07, 6.45) is -1.23. The fraction of sp³-hybridized carbons (Fsp3) is 0.385. The molecule has 5 nitrogen and oxygen atoms in total. The third kappa shape index (κ3) is 2.62. The minimum absolute atomic E-state index is 0.0632. The van der Waals surface area contributed by atoms with Crippen molar-refractivity contribution in [3.8, 4) is 0 Å². The molecule has 1 aromatic carbocycles. The van der Waals surface area contributed by atoms with E-state index < -0.39 is 23.9 Å². The van der Waals surface area contributed by atoms with Crippen molar-refractivity contribution in [1.82, 2.24) is 4.90 Å². The minimum Gasteiger partial charge on any atom is -0.479 e. The average Bonchev–Trinajstić information content (AvgIpc) is 2.41. The number of carboxylic acid groups (broad SMARTS) is 1. The Morgan fingerprint density at radius 2 is 2.30 bits per heavy atom.